The van der Waals surface area contributed by atoms with E-state index in [2.05, 4.69) is 4.74 Å². The van der Waals surface area contributed by atoms with E-state index in [1.54, 1.807) is 19.1 Å². The lowest BCUT2D eigenvalue weighted by molar-refractivity contribution is -0.140. The van der Waals surface area contributed by atoms with Gasteiger partial charge in [0.25, 0.3) is 0 Å². The zero-order valence-corrected chi connectivity index (χ0v) is 12.5. The smallest absolute Gasteiger partial charge is 0.355 e. The molecule has 6 nitrogen and oxygen atoms in total. The molecule has 0 aromatic heterocycles. The molecule has 7 heteroatoms. The predicted molar refractivity (Wildman–Crippen MR) is 75.5 cm³/mol. The third kappa shape index (κ3) is 2.94. The number of benzene rings is 1. The SMILES string of the molecule is COC(=O)C1=C(C(=O)OC)N(c2cc(C)ccc2F)COC1. The van der Waals surface area contributed by atoms with Crippen molar-refractivity contribution in [3.05, 3.63) is 40.8 Å². The summed E-state index contributed by atoms with van der Waals surface area (Å²) in [5, 5.41) is 0. The predicted octanol–water partition coefficient (Wildman–Crippen LogP) is 1.53. The van der Waals surface area contributed by atoms with Crippen LogP contribution in [0.5, 0.6) is 0 Å². The summed E-state index contributed by atoms with van der Waals surface area (Å²) in [7, 11) is 2.38. The molecule has 2 rings (SSSR count). The molecule has 1 aromatic rings. The lowest BCUT2D eigenvalue weighted by Crippen LogP contribution is -2.39. The van der Waals surface area contributed by atoms with Crippen molar-refractivity contribution in [3.63, 3.8) is 0 Å². The van der Waals surface area contributed by atoms with Gasteiger partial charge in [0, 0.05) is 0 Å². The lowest BCUT2D eigenvalue weighted by Gasteiger charge is -2.31. The lowest BCUT2D eigenvalue weighted by atomic mass is 10.1. The number of aryl methyl sites for hydroxylation is 1. The van der Waals surface area contributed by atoms with Crippen LogP contribution in [0.15, 0.2) is 29.5 Å². The maximum Gasteiger partial charge on any atom is 0.355 e. The first-order valence-electron chi connectivity index (χ1n) is 6.50. The van der Waals surface area contributed by atoms with Gasteiger partial charge in [0.1, 0.15) is 18.2 Å². The minimum atomic E-state index is -0.760. The molecule has 0 saturated carbocycles. The van der Waals surface area contributed by atoms with Crippen molar-refractivity contribution >= 4 is 17.6 Å². The number of ether oxygens (including phenoxy) is 3. The van der Waals surface area contributed by atoms with Gasteiger partial charge in [0.05, 0.1) is 32.1 Å². The number of hydrogen-bond acceptors (Lipinski definition) is 6. The summed E-state index contributed by atoms with van der Waals surface area (Å²) in [5.41, 5.74) is 0.832. The molecule has 0 aliphatic carbocycles. The first-order valence-corrected chi connectivity index (χ1v) is 6.50. The van der Waals surface area contributed by atoms with Gasteiger partial charge in [-0.1, -0.05) is 6.07 Å². The van der Waals surface area contributed by atoms with Crippen molar-refractivity contribution in [3.8, 4) is 0 Å². The number of rotatable bonds is 3. The van der Waals surface area contributed by atoms with Crippen molar-refractivity contribution in [1.82, 2.24) is 0 Å². The van der Waals surface area contributed by atoms with E-state index in [1.807, 2.05) is 0 Å². The van der Waals surface area contributed by atoms with Crippen molar-refractivity contribution in [2.75, 3.05) is 32.5 Å². The van der Waals surface area contributed by atoms with Gasteiger partial charge >= 0.3 is 11.9 Å². The van der Waals surface area contributed by atoms with Crippen LogP contribution in [-0.4, -0.2) is 39.5 Å². The number of carbonyl (C=O) groups is 2. The molecule has 0 spiro atoms. The van der Waals surface area contributed by atoms with E-state index >= 15 is 0 Å². The van der Waals surface area contributed by atoms with Crippen LogP contribution in [0.2, 0.25) is 0 Å². The van der Waals surface area contributed by atoms with E-state index in [4.69, 9.17) is 9.47 Å². The Bertz CT molecular complexity index is 641. The van der Waals surface area contributed by atoms with Crippen molar-refractivity contribution < 1.29 is 28.2 Å². The van der Waals surface area contributed by atoms with Gasteiger partial charge in [0.2, 0.25) is 0 Å². The Hall–Kier alpha value is -2.41. The van der Waals surface area contributed by atoms with Crippen LogP contribution in [0.4, 0.5) is 10.1 Å². The molecule has 1 heterocycles. The van der Waals surface area contributed by atoms with Crippen LogP contribution < -0.4 is 4.90 Å². The van der Waals surface area contributed by atoms with Gasteiger partial charge in [-0.05, 0) is 24.6 Å². The molecule has 22 heavy (non-hydrogen) atoms. The van der Waals surface area contributed by atoms with Crippen LogP contribution >= 0.6 is 0 Å². The largest absolute Gasteiger partial charge is 0.466 e. The molecule has 0 N–H and O–H groups in total. The van der Waals surface area contributed by atoms with Crippen LogP contribution in [0.3, 0.4) is 0 Å². The Morgan fingerprint density at radius 2 is 1.91 bits per heavy atom. The highest BCUT2D eigenvalue weighted by Crippen LogP contribution is 2.29. The van der Waals surface area contributed by atoms with Crippen molar-refractivity contribution in [2.24, 2.45) is 0 Å². The minimum absolute atomic E-state index is 0.0125. The monoisotopic (exact) mass is 309 g/mol. The number of nitrogens with zero attached hydrogens (tertiary/aromatic N) is 1. The maximum atomic E-state index is 14.1. The maximum absolute atomic E-state index is 14.1. The fourth-order valence-electron chi connectivity index (χ4n) is 2.16. The van der Waals surface area contributed by atoms with E-state index in [0.717, 1.165) is 5.56 Å². The van der Waals surface area contributed by atoms with Crippen molar-refractivity contribution in [2.45, 2.75) is 6.92 Å². The summed E-state index contributed by atoms with van der Waals surface area (Å²) >= 11 is 0. The average molecular weight is 309 g/mol. The van der Waals surface area contributed by atoms with Gasteiger partial charge in [0.15, 0.2) is 0 Å². The quantitative estimate of drug-likeness (QED) is 0.789. The number of halogens is 1. The number of esters is 2. The Kier molecular flexibility index (Phi) is 4.77. The van der Waals surface area contributed by atoms with Gasteiger partial charge < -0.3 is 19.1 Å². The normalized spacial score (nSPS) is 14.8. The van der Waals surface area contributed by atoms with Crippen molar-refractivity contribution in [1.29, 1.82) is 0 Å². The zero-order valence-electron chi connectivity index (χ0n) is 12.5. The Morgan fingerprint density at radius 3 is 2.55 bits per heavy atom. The second-order valence-corrected chi connectivity index (χ2v) is 4.67. The number of anilines is 1. The van der Waals surface area contributed by atoms with Crippen LogP contribution in [0.25, 0.3) is 0 Å². The first-order chi connectivity index (χ1) is 10.5. The fourth-order valence-corrected chi connectivity index (χ4v) is 2.16. The second-order valence-electron chi connectivity index (χ2n) is 4.67. The average Bonchev–Trinajstić information content (AvgIpc) is 2.54. The second kappa shape index (κ2) is 6.57. The number of carbonyl (C=O) groups excluding carboxylic acids is 2. The summed E-state index contributed by atoms with van der Waals surface area (Å²) in [6, 6.07) is 4.44. The summed E-state index contributed by atoms with van der Waals surface area (Å²) in [4.78, 5) is 25.2. The number of methoxy groups -OCH3 is 2. The fraction of sp³-hybridized carbons (Fsp3) is 0.333. The summed E-state index contributed by atoms with van der Waals surface area (Å²) < 4.78 is 28.8. The molecule has 1 aromatic carbocycles. The van der Waals surface area contributed by atoms with Crippen LogP contribution in [0, 0.1) is 12.7 Å². The Morgan fingerprint density at radius 1 is 1.23 bits per heavy atom. The van der Waals surface area contributed by atoms with Gasteiger partial charge in [-0.3, -0.25) is 0 Å². The van der Waals surface area contributed by atoms with E-state index in [-0.39, 0.29) is 30.3 Å². The molecule has 0 atom stereocenters. The molecular formula is C15H16FNO5. The van der Waals surface area contributed by atoms with E-state index in [9.17, 15) is 14.0 Å². The molecule has 0 unspecified atom stereocenters. The topological polar surface area (TPSA) is 65.1 Å². The van der Waals surface area contributed by atoms with Gasteiger partial charge in [-0.2, -0.15) is 0 Å². The van der Waals surface area contributed by atoms with E-state index < -0.39 is 17.8 Å². The molecular weight excluding hydrogens is 293 g/mol. The third-order valence-corrected chi connectivity index (χ3v) is 3.23. The zero-order chi connectivity index (χ0) is 16.3. The van der Waals surface area contributed by atoms with E-state index in [0.29, 0.717) is 0 Å². The number of hydrogen-bond donors (Lipinski definition) is 0. The first kappa shape index (κ1) is 16.0. The molecule has 0 fully saturated rings. The molecule has 0 amide bonds. The molecule has 1 aliphatic heterocycles. The highest BCUT2D eigenvalue weighted by atomic mass is 19.1. The Balaban J connectivity index is 2.60. The Labute approximate surface area is 127 Å². The summed E-state index contributed by atoms with van der Waals surface area (Å²) in [6.45, 7) is 1.60. The van der Waals surface area contributed by atoms with Crippen LogP contribution in [-0.2, 0) is 23.8 Å². The van der Waals surface area contributed by atoms with E-state index in [1.165, 1.54) is 25.2 Å². The van der Waals surface area contributed by atoms with Crippen LogP contribution in [0.1, 0.15) is 5.56 Å². The third-order valence-electron chi connectivity index (χ3n) is 3.23. The molecule has 0 saturated heterocycles. The van der Waals surface area contributed by atoms with Gasteiger partial charge in [-0.15, -0.1) is 0 Å². The summed E-state index contributed by atoms with van der Waals surface area (Å²) in [5.74, 6) is -2.02. The summed E-state index contributed by atoms with van der Waals surface area (Å²) in [6.07, 6.45) is 0. The van der Waals surface area contributed by atoms with Gasteiger partial charge in [-0.25, -0.2) is 14.0 Å². The molecule has 1 aliphatic rings. The molecule has 118 valence electrons. The standard InChI is InChI=1S/C15H16FNO5/c1-9-4-5-11(16)12(6-9)17-8-22-7-10(14(18)20-2)13(17)15(19)21-3/h4-6H,7-8H2,1-3H3. The highest BCUT2D eigenvalue weighted by Gasteiger charge is 2.33. The molecule has 0 bridgehead atoms. The minimum Gasteiger partial charge on any atom is -0.466 e. The highest BCUT2D eigenvalue weighted by molar-refractivity contribution is 6.03. The molecule has 0 radical (unpaired) electrons.